The minimum Gasteiger partial charge on any atom is -0.312 e. The van der Waals surface area contributed by atoms with Crippen molar-refractivity contribution in [2.75, 3.05) is 18.1 Å². The first-order valence-corrected chi connectivity index (χ1v) is 9.04. The Kier molecular flexibility index (Phi) is 4.97. The van der Waals surface area contributed by atoms with Gasteiger partial charge in [0.15, 0.2) is 9.84 Å². The molecule has 1 saturated heterocycles. The lowest BCUT2D eigenvalue weighted by Crippen LogP contribution is -2.46. The van der Waals surface area contributed by atoms with Crippen LogP contribution in [0.2, 0.25) is 0 Å². The van der Waals surface area contributed by atoms with Gasteiger partial charge in [0.25, 0.3) is 0 Å². The highest BCUT2D eigenvalue weighted by molar-refractivity contribution is 14.1. The first-order chi connectivity index (χ1) is 8.94. The van der Waals surface area contributed by atoms with Gasteiger partial charge in [-0.2, -0.15) is 0 Å². The number of carbonyl (C=O) groups is 1. The van der Waals surface area contributed by atoms with Crippen LogP contribution in [-0.4, -0.2) is 38.3 Å². The number of Topliss-reactive ketones (excluding diaryl/α,β-unsaturated/α-hetero) is 1. The quantitative estimate of drug-likeness (QED) is 0.781. The second-order valence-corrected chi connectivity index (χ2v) is 8.29. The van der Waals surface area contributed by atoms with E-state index in [1.807, 2.05) is 24.3 Å². The smallest absolute Gasteiger partial charge is 0.153 e. The van der Waals surface area contributed by atoms with E-state index in [0.717, 1.165) is 9.13 Å². The van der Waals surface area contributed by atoms with Gasteiger partial charge in [-0.3, -0.25) is 4.79 Å². The molecule has 1 aromatic rings. The number of hydrogen-bond donors (Lipinski definition) is 1. The Morgan fingerprint density at radius 3 is 2.63 bits per heavy atom. The van der Waals surface area contributed by atoms with Crippen LogP contribution < -0.4 is 5.32 Å². The third-order valence-corrected chi connectivity index (χ3v) is 5.55. The third kappa shape index (κ3) is 4.85. The zero-order chi connectivity index (χ0) is 13.9. The minimum atomic E-state index is -2.97. The first-order valence-electron chi connectivity index (χ1n) is 6.14. The van der Waals surface area contributed by atoms with Crippen LogP contribution in [0.15, 0.2) is 24.3 Å². The molecule has 0 amide bonds. The molecule has 0 aromatic heterocycles. The van der Waals surface area contributed by atoms with Crippen molar-refractivity contribution in [2.45, 2.75) is 18.9 Å². The zero-order valence-corrected chi connectivity index (χ0v) is 13.4. The summed E-state index contributed by atoms with van der Waals surface area (Å²) in [6, 6.07) is 7.57. The number of halogens is 1. The summed E-state index contributed by atoms with van der Waals surface area (Å²) in [5.41, 5.74) is 0.976. The second kappa shape index (κ2) is 6.32. The van der Waals surface area contributed by atoms with Crippen LogP contribution in [-0.2, 0) is 21.1 Å². The summed E-state index contributed by atoms with van der Waals surface area (Å²) in [4.78, 5) is 11.9. The fraction of sp³-hybridized carbons (Fsp3) is 0.462. The van der Waals surface area contributed by atoms with Crippen LogP contribution in [0.25, 0.3) is 0 Å². The van der Waals surface area contributed by atoms with Gasteiger partial charge in [-0.05, 0) is 40.3 Å². The van der Waals surface area contributed by atoms with E-state index < -0.39 is 9.84 Å². The molecule has 1 aliphatic heterocycles. The minimum absolute atomic E-state index is 0.0748. The monoisotopic (exact) mass is 393 g/mol. The molecule has 0 radical (unpaired) electrons. The molecule has 1 aromatic carbocycles. The molecule has 0 saturated carbocycles. The molecule has 6 heteroatoms. The molecule has 0 aliphatic carbocycles. The summed E-state index contributed by atoms with van der Waals surface area (Å²) in [5.74, 6) is 0.330. The number of nitrogens with one attached hydrogen (secondary N) is 1. The van der Waals surface area contributed by atoms with Gasteiger partial charge in [0.2, 0.25) is 0 Å². The van der Waals surface area contributed by atoms with Crippen molar-refractivity contribution < 1.29 is 13.2 Å². The number of benzene rings is 1. The van der Waals surface area contributed by atoms with Crippen LogP contribution in [0, 0.1) is 3.57 Å². The topological polar surface area (TPSA) is 63.2 Å². The van der Waals surface area contributed by atoms with Gasteiger partial charge in [-0.25, -0.2) is 8.42 Å². The first kappa shape index (κ1) is 14.9. The Bertz CT molecular complexity index is 554. The van der Waals surface area contributed by atoms with Crippen molar-refractivity contribution in [3.8, 4) is 0 Å². The largest absolute Gasteiger partial charge is 0.312 e. The molecular weight excluding hydrogens is 377 g/mol. The van der Waals surface area contributed by atoms with Gasteiger partial charge < -0.3 is 5.32 Å². The molecular formula is C13H16INO3S. The van der Waals surface area contributed by atoms with E-state index in [2.05, 4.69) is 27.9 Å². The van der Waals surface area contributed by atoms with Crippen molar-refractivity contribution in [3.63, 3.8) is 0 Å². The lowest BCUT2D eigenvalue weighted by Gasteiger charge is -2.22. The van der Waals surface area contributed by atoms with E-state index >= 15 is 0 Å². The van der Waals surface area contributed by atoms with E-state index in [0.29, 0.717) is 13.0 Å². The highest BCUT2D eigenvalue weighted by Crippen LogP contribution is 2.10. The number of hydrogen-bond acceptors (Lipinski definition) is 4. The maximum atomic E-state index is 11.9. The molecule has 0 bridgehead atoms. The van der Waals surface area contributed by atoms with Gasteiger partial charge in [0, 0.05) is 29.0 Å². The Balaban J connectivity index is 1.89. The summed E-state index contributed by atoms with van der Waals surface area (Å²) in [6.45, 7) is 0.448. The lowest BCUT2D eigenvalue weighted by atomic mass is 10.0. The van der Waals surface area contributed by atoms with Crippen LogP contribution in [0.5, 0.6) is 0 Å². The van der Waals surface area contributed by atoms with E-state index in [4.69, 9.17) is 0 Å². The molecule has 0 spiro atoms. The maximum Gasteiger partial charge on any atom is 0.153 e. The van der Waals surface area contributed by atoms with Crippen molar-refractivity contribution in [2.24, 2.45) is 0 Å². The summed E-state index contributed by atoms with van der Waals surface area (Å²) in [5, 5.41) is 3.10. The van der Waals surface area contributed by atoms with E-state index in [-0.39, 0.29) is 29.8 Å². The average molecular weight is 393 g/mol. The van der Waals surface area contributed by atoms with Crippen LogP contribution in [0.3, 0.4) is 0 Å². The highest BCUT2D eigenvalue weighted by Gasteiger charge is 2.25. The highest BCUT2D eigenvalue weighted by atomic mass is 127. The van der Waals surface area contributed by atoms with Crippen molar-refractivity contribution in [1.82, 2.24) is 5.32 Å². The normalized spacial score (nSPS) is 22.1. The Labute approximate surface area is 127 Å². The Hall–Kier alpha value is -0.470. The molecule has 19 heavy (non-hydrogen) atoms. The van der Waals surface area contributed by atoms with Gasteiger partial charge in [-0.15, -0.1) is 0 Å². The average Bonchev–Trinajstić information content (AvgIpc) is 2.30. The number of sulfone groups is 1. The molecule has 1 heterocycles. The molecule has 2 rings (SSSR count). The predicted molar refractivity (Wildman–Crippen MR) is 82.9 cm³/mol. The van der Waals surface area contributed by atoms with Crippen LogP contribution in [0.1, 0.15) is 12.0 Å². The van der Waals surface area contributed by atoms with Crippen molar-refractivity contribution in [3.05, 3.63) is 33.4 Å². The standard InChI is InChI=1S/C13H16INO3S/c14-11-3-1-10(2-4-11)7-13(16)8-12-9-19(17,18)6-5-15-12/h1-4,12,15H,5-9H2. The van der Waals surface area contributed by atoms with Crippen LogP contribution in [0.4, 0.5) is 0 Å². The molecule has 1 aliphatic rings. The fourth-order valence-electron chi connectivity index (χ4n) is 2.18. The van der Waals surface area contributed by atoms with E-state index in [1.54, 1.807) is 0 Å². The second-order valence-electron chi connectivity index (χ2n) is 4.81. The molecule has 1 N–H and O–H groups in total. The number of carbonyl (C=O) groups excluding carboxylic acids is 1. The molecule has 104 valence electrons. The molecule has 4 nitrogen and oxygen atoms in total. The fourth-order valence-corrected chi connectivity index (χ4v) is 3.98. The molecule has 1 atom stereocenters. The maximum absolute atomic E-state index is 11.9. The van der Waals surface area contributed by atoms with E-state index in [9.17, 15) is 13.2 Å². The third-order valence-electron chi connectivity index (χ3n) is 3.09. The Morgan fingerprint density at radius 2 is 2.00 bits per heavy atom. The van der Waals surface area contributed by atoms with E-state index in [1.165, 1.54) is 0 Å². The van der Waals surface area contributed by atoms with Crippen molar-refractivity contribution in [1.29, 1.82) is 0 Å². The molecule has 1 fully saturated rings. The summed E-state index contributed by atoms with van der Waals surface area (Å²) >= 11 is 2.22. The SMILES string of the molecule is O=C(Cc1ccc(I)cc1)CC1CS(=O)(=O)CCN1. The molecule has 1 unspecified atom stereocenters. The van der Waals surface area contributed by atoms with Gasteiger partial charge in [0.1, 0.15) is 5.78 Å². The van der Waals surface area contributed by atoms with Crippen LogP contribution >= 0.6 is 22.6 Å². The summed E-state index contributed by atoms with van der Waals surface area (Å²) in [6.07, 6.45) is 0.653. The van der Waals surface area contributed by atoms with Gasteiger partial charge >= 0.3 is 0 Å². The summed E-state index contributed by atoms with van der Waals surface area (Å²) < 4.78 is 24.1. The van der Waals surface area contributed by atoms with Crippen molar-refractivity contribution >= 4 is 38.2 Å². The number of ketones is 1. The van der Waals surface area contributed by atoms with Gasteiger partial charge in [0.05, 0.1) is 11.5 Å². The predicted octanol–water partition coefficient (Wildman–Crippen LogP) is 1.18. The zero-order valence-electron chi connectivity index (χ0n) is 10.4. The number of rotatable bonds is 4. The van der Waals surface area contributed by atoms with Gasteiger partial charge in [-0.1, -0.05) is 12.1 Å². The Morgan fingerprint density at radius 1 is 1.32 bits per heavy atom. The lowest BCUT2D eigenvalue weighted by molar-refractivity contribution is -0.118. The summed E-state index contributed by atoms with van der Waals surface area (Å²) in [7, 11) is -2.97.